The van der Waals surface area contributed by atoms with Crippen molar-refractivity contribution in [1.29, 1.82) is 0 Å². The first-order chi connectivity index (χ1) is 32.5. The summed E-state index contributed by atoms with van der Waals surface area (Å²) in [5, 5.41) is 0. The topological polar surface area (TPSA) is 78.9 Å². The Morgan fingerprint density at radius 1 is 0.318 bits per heavy atom. The van der Waals surface area contributed by atoms with Crippen LogP contribution in [0.25, 0.3) is 0 Å². The van der Waals surface area contributed by atoms with Gasteiger partial charge in [-0.05, 0) is 116 Å². The maximum absolute atomic E-state index is 12.8. The van der Waals surface area contributed by atoms with Gasteiger partial charge in [-0.2, -0.15) is 0 Å². The molecule has 0 aliphatic heterocycles. The molecule has 378 valence electrons. The molecule has 0 spiro atoms. The number of ether oxygens (including phenoxy) is 3. The highest BCUT2D eigenvalue weighted by atomic mass is 16.6. The van der Waals surface area contributed by atoms with Gasteiger partial charge in [0.2, 0.25) is 0 Å². The van der Waals surface area contributed by atoms with Crippen molar-refractivity contribution in [2.45, 2.75) is 264 Å². The standard InChI is InChI=1S/C60H102O6/c1-4-7-10-13-16-19-22-25-28-29-30-31-33-35-38-41-44-47-50-53-59(62)65-56-57(55-64-58(61)52-49-46-43-40-37-34-27-24-21-18-15-12-9-6-3)66-60(63)54-51-48-45-42-39-36-32-26-23-20-17-14-11-8-5-2/h8,11,16-17,19-20,24-28,30-32,57H,4-7,9-10,12-15,18,21-23,29,33-56H2,1-3H3/b11-8-,19-16-,20-17-,27-24-,28-25-,31-30-,32-26-. The predicted octanol–water partition coefficient (Wildman–Crippen LogP) is 18.4. The van der Waals surface area contributed by atoms with Crippen LogP contribution < -0.4 is 0 Å². The second-order valence-electron chi connectivity index (χ2n) is 18.1. The molecule has 0 amide bonds. The van der Waals surface area contributed by atoms with E-state index in [0.717, 1.165) is 122 Å². The molecule has 0 aliphatic carbocycles. The van der Waals surface area contributed by atoms with Crippen molar-refractivity contribution in [3.63, 3.8) is 0 Å². The van der Waals surface area contributed by atoms with E-state index in [0.29, 0.717) is 19.3 Å². The summed E-state index contributed by atoms with van der Waals surface area (Å²) in [5.74, 6) is -0.928. The van der Waals surface area contributed by atoms with Gasteiger partial charge in [0.15, 0.2) is 6.10 Å². The monoisotopic (exact) mass is 919 g/mol. The van der Waals surface area contributed by atoms with E-state index >= 15 is 0 Å². The molecular weight excluding hydrogens is 817 g/mol. The second kappa shape index (κ2) is 54.2. The third-order valence-electron chi connectivity index (χ3n) is 11.6. The van der Waals surface area contributed by atoms with Crippen molar-refractivity contribution in [2.24, 2.45) is 0 Å². The number of carbonyl (C=O) groups is 3. The smallest absolute Gasteiger partial charge is 0.306 e. The Morgan fingerprint density at radius 3 is 0.970 bits per heavy atom. The van der Waals surface area contributed by atoms with E-state index in [1.165, 1.54) is 96.3 Å². The van der Waals surface area contributed by atoms with Gasteiger partial charge in [-0.3, -0.25) is 14.4 Å². The Morgan fingerprint density at radius 2 is 0.591 bits per heavy atom. The maximum atomic E-state index is 12.8. The summed E-state index contributed by atoms with van der Waals surface area (Å²) in [7, 11) is 0. The molecule has 0 aromatic rings. The largest absolute Gasteiger partial charge is 0.462 e. The van der Waals surface area contributed by atoms with Gasteiger partial charge in [-0.1, -0.05) is 209 Å². The third-order valence-corrected chi connectivity index (χ3v) is 11.6. The molecule has 6 nitrogen and oxygen atoms in total. The normalized spacial score (nSPS) is 12.7. The quantitative estimate of drug-likeness (QED) is 0.0262. The van der Waals surface area contributed by atoms with E-state index in [1.807, 2.05) is 0 Å². The maximum Gasteiger partial charge on any atom is 0.306 e. The first kappa shape index (κ1) is 62.6. The van der Waals surface area contributed by atoms with Crippen molar-refractivity contribution in [1.82, 2.24) is 0 Å². The zero-order valence-electron chi connectivity index (χ0n) is 43.2. The minimum Gasteiger partial charge on any atom is -0.462 e. The van der Waals surface area contributed by atoms with E-state index in [-0.39, 0.29) is 31.1 Å². The summed E-state index contributed by atoms with van der Waals surface area (Å²) in [6, 6.07) is 0. The van der Waals surface area contributed by atoms with Crippen LogP contribution in [0.5, 0.6) is 0 Å². The van der Waals surface area contributed by atoms with Gasteiger partial charge in [-0.15, -0.1) is 0 Å². The van der Waals surface area contributed by atoms with Crippen LogP contribution in [0.2, 0.25) is 0 Å². The Labute approximate surface area is 407 Å². The van der Waals surface area contributed by atoms with Gasteiger partial charge >= 0.3 is 17.9 Å². The minimum absolute atomic E-state index is 0.0925. The summed E-state index contributed by atoms with van der Waals surface area (Å²) in [6.07, 6.45) is 69.9. The Bertz CT molecular complexity index is 1290. The highest BCUT2D eigenvalue weighted by Crippen LogP contribution is 2.14. The van der Waals surface area contributed by atoms with Gasteiger partial charge in [0, 0.05) is 19.3 Å². The van der Waals surface area contributed by atoms with E-state index < -0.39 is 6.10 Å². The molecule has 1 unspecified atom stereocenters. The molecule has 0 aromatic carbocycles. The van der Waals surface area contributed by atoms with Gasteiger partial charge in [0.05, 0.1) is 0 Å². The predicted molar refractivity (Wildman–Crippen MR) is 284 cm³/mol. The van der Waals surface area contributed by atoms with Crippen LogP contribution in [-0.2, 0) is 28.6 Å². The second-order valence-corrected chi connectivity index (χ2v) is 18.1. The summed E-state index contributed by atoms with van der Waals surface area (Å²) >= 11 is 0. The summed E-state index contributed by atoms with van der Waals surface area (Å²) in [6.45, 7) is 6.46. The van der Waals surface area contributed by atoms with Crippen LogP contribution in [0, 0.1) is 0 Å². The Balaban J connectivity index is 4.44. The molecule has 0 saturated heterocycles. The minimum atomic E-state index is -0.795. The molecule has 0 N–H and O–H groups in total. The molecule has 0 heterocycles. The van der Waals surface area contributed by atoms with Crippen LogP contribution >= 0.6 is 0 Å². The number of esters is 3. The van der Waals surface area contributed by atoms with E-state index in [2.05, 4.69) is 106 Å². The van der Waals surface area contributed by atoms with E-state index in [1.54, 1.807) is 0 Å². The van der Waals surface area contributed by atoms with E-state index in [4.69, 9.17) is 14.2 Å². The Kier molecular flexibility index (Phi) is 51.4. The molecule has 0 aliphatic rings. The number of rotatable bonds is 49. The number of carbonyl (C=O) groups excluding carboxylic acids is 3. The third kappa shape index (κ3) is 51.6. The average Bonchev–Trinajstić information content (AvgIpc) is 3.31. The van der Waals surface area contributed by atoms with Crippen molar-refractivity contribution < 1.29 is 28.6 Å². The van der Waals surface area contributed by atoms with Crippen LogP contribution in [0.4, 0.5) is 0 Å². The first-order valence-electron chi connectivity index (χ1n) is 27.6. The molecule has 6 heteroatoms. The summed E-state index contributed by atoms with van der Waals surface area (Å²) in [5.41, 5.74) is 0. The fourth-order valence-corrected chi connectivity index (χ4v) is 7.46. The number of unbranched alkanes of at least 4 members (excludes halogenated alkanes) is 24. The summed E-state index contributed by atoms with van der Waals surface area (Å²) < 4.78 is 16.8. The van der Waals surface area contributed by atoms with Gasteiger partial charge in [0.1, 0.15) is 13.2 Å². The molecule has 66 heavy (non-hydrogen) atoms. The molecule has 0 aromatic heterocycles. The first-order valence-corrected chi connectivity index (χ1v) is 27.6. The molecular formula is C60H102O6. The fourth-order valence-electron chi connectivity index (χ4n) is 7.46. The lowest BCUT2D eigenvalue weighted by atomic mass is 10.1. The lowest BCUT2D eigenvalue weighted by Gasteiger charge is -2.18. The van der Waals surface area contributed by atoms with Gasteiger partial charge < -0.3 is 14.2 Å². The number of hydrogen-bond donors (Lipinski definition) is 0. The van der Waals surface area contributed by atoms with Crippen molar-refractivity contribution in [3.8, 4) is 0 Å². The number of allylic oxidation sites excluding steroid dienone is 14. The highest BCUT2D eigenvalue weighted by molar-refractivity contribution is 5.71. The lowest BCUT2D eigenvalue weighted by molar-refractivity contribution is -0.167. The average molecular weight is 919 g/mol. The molecule has 0 fully saturated rings. The molecule has 0 bridgehead atoms. The van der Waals surface area contributed by atoms with Crippen molar-refractivity contribution in [2.75, 3.05) is 13.2 Å². The van der Waals surface area contributed by atoms with Crippen molar-refractivity contribution in [3.05, 3.63) is 85.1 Å². The SMILES string of the molecule is CC/C=C\C/C=C\C/C=C\CCCCCCCC(=O)OC(COC(=O)CCCCCCC/C=C\CCCCCCC)COC(=O)CCCCCCCC/C=C\C/C=C\C/C=C\CCCCC. The van der Waals surface area contributed by atoms with Gasteiger partial charge in [0.25, 0.3) is 0 Å². The van der Waals surface area contributed by atoms with Crippen LogP contribution in [0.1, 0.15) is 258 Å². The fraction of sp³-hybridized carbons (Fsp3) is 0.717. The van der Waals surface area contributed by atoms with E-state index in [9.17, 15) is 14.4 Å². The molecule has 1 atom stereocenters. The molecule has 0 rings (SSSR count). The lowest BCUT2D eigenvalue weighted by Crippen LogP contribution is -2.30. The zero-order valence-corrected chi connectivity index (χ0v) is 43.2. The molecule has 0 saturated carbocycles. The number of hydrogen-bond acceptors (Lipinski definition) is 6. The van der Waals surface area contributed by atoms with Gasteiger partial charge in [-0.25, -0.2) is 0 Å². The van der Waals surface area contributed by atoms with Crippen LogP contribution in [-0.4, -0.2) is 37.2 Å². The van der Waals surface area contributed by atoms with Crippen LogP contribution in [0.3, 0.4) is 0 Å². The van der Waals surface area contributed by atoms with Crippen molar-refractivity contribution >= 4 is 17.9 Å². The zero-order chi connectivity index (χ0) is 47.9. The van der Waals surface area contributed by atoms with Crippen LogP contribution in [0.15, 0.2) is 85.1 Å². The Hall–Kier alpha value is -3.41. The highest BCUT2D eigenvalue weighted by Gasteiger charge is 2.19. The summed E-state index contributed by atoms with van der Waals surface area (Å²) in [4.78, 5) is 38.1. The molecule has 0 radical (unpaired) electrons.